The topological polar surface area (TPSA) is 114 Å². The predicted octanol–water partition coefficient (Wildman–Crippen LogP) is 4.69. The van der Waals surface area contributed by atoms with Crippen LogP contribution in [0.1, 0.15) is 69.8 Å². The number of hydrogen-bond acceptors (Lipinski definition) is 4. The number of urea groups is 1. The quantitative estimate of drug-likeness (QED) is 0.261. The van der Waals surface area contributed by atoms with Crippen molar-refractivity contribution in [2.75, 3.05) is 33.2 Å². The van der Waals surface area contributed by atoms with Gasteiger partial charge in [0.25, 0.3) is 0 Å². The fourth-order valence-corrected chi connectivity index (χ4v) is 6.25. The number of nitrogens with zero attached hydrogens (tertiary/aromatic N) is 1. The Labute approximate surface area is 224 Å². The Morgan fingerprint density at radius 2 is 1.95 bits per heavy atom. The lowest BCUT2D eigenvalue weighted by Crippen LogP contribution is -2.54. The SMILES string of the molecule is CNCC(CC1CCCCC1)NC(=O)N1CCCC(C(O)(CCCNC(=O)O)c2cc(F)cc(Cl)c2)C1. The molecule has 1 saturated heterocycles. The van der Waals surface area contributed by atoms with Gasteiger partial charge in [-0.15, -0.1) is 0 Å². The minimum absolute atomic E-state index is 0.0315. The van der Waals surface area contributed by atoms with Crippen LogP contribution in [0.4, 0.5) is 14.0 Å². The first-order valence-corrected chi connectivity index (χ1v) is 13.9. The van der Waals surface area contributed by atoms with Crippen molar-refractivity contribution in [3.8, 4) is 0 Å². The summed E-state index contributed by atoms with van der Waals surface area (Å²) >= 11 is 6.12. The maximum atomic E-state index is 14.3. The number of hydrogen-bond donors (Lipinski definition) is 5. The molecule has 2 fully saturated rings. The van der Waals surface area contributed by atoms with Crippen molar-refractivity contribution in [1.82, 2.24) is 20.9 Å². The lowest BCUT2D eigenvalue weighted by molar-refractivity contribution is -0.0554. The zero-order valence-electron chi connectivity index (χ0n) is 21.8. The van der Waals surface area contributed by atoms with Crippen molar-refractivity contribution in [2.24, 2.45) is 11.8 Å². The molecule has 3 atom stereocenters. The summed E-state index contributed by atoms with van der Waals surface area (Å²) in [7, 11) is 1.89. The van der Waals surface area contributed by atoms with Crippen LogP contribution in [0.15, 0.2) is 18.2 Å². The van der Waals surface area contributed by atoms with E-state index in [1.54, 1.807) is 11.0 Å². The summed E-state index contributed by atoms with van der Waals surface area (Å²) in [5, 5.41) is 29.7. The van der Waals surface area contributed by atoms with E-state index in [0.29, 0.717) is 50.4 Å². The molecule has 5 N–H and O–H groups in total. The van der Waals surface area contributed by atoms with Gasteiger partial charge in [0.1, 0.15) is 5.82 Å². The fourth-order valence-electron chi connectivity index (χ4n) is 6.02. The van der Waals surface area contributed by atoms with E-state index in [0.717, 1.165) is 6.42 Å². The molecule has 1 saturated carbocycles. The smallest absolute Gasteiger partial charge is 0.404 e. The molecule has 8 nitrogen and oxygen atoms in total. The van der Waals surface area contributed by atoms with Crippen molar-refractivity contribution in [2.45, 2.75) is 75.9 Å². The van der Waals surface area contributed by atoms with Gasteiger partial charge in [-0.3, -0.25) is 0 Å². The highest BCUT2D eigenvalue weighted by Crippen LogP contribution is 2.40. The number of nitrogens with one attached hydrogen (secondary N) is 3. The van der Waals surface area contributed by atoms with Crippen LogP contribution in [0.3, 0.4) is 0 Å². The Kier molecular flexibility index (Phi) is 11.3. The van der Waals surface area contributed by atoms with Gasteiger partial charge in [-0.25, -0.2) is 14.0 Å². The minimum atomic E-state index is -1.46. The van der Waals surface area contributed by atoms with E-state index in [-0.39, 0.29) is 36.0 Å². The fraction of sp³-hybridized carbons (Fsp3) is 0.704. The third kappa shape index (κ3) is 8.72. The Hall–Kier alpha value is -2.10. The number of likely N-dealkylation sites (tertiary alicyclic amines) is 1. The normalized spacial score (nSPS) is 21.2. The van der Waals surface area contributed by atoms with Gasteiger partial charge in [0.15, 0.2) is 0 Å². The van der Waals surface area contributed by atoms with E-state index in [1.165, 1.54) is 44.2 Å². The number of carbonyl (C=O) groups excluding carboxylic acids is 1. The van der Waals surface area contributed by atoms with Gasteiger partial charge in [0, 0.05) is 43.2 Å². The monoisotopic (exact) mass is 540 g/mol. The summed E-state index contributed by atoms with van der Waals surface area (Å²) in [4.78, 5) is 25.9. The maximum absolute atomic E-state index is 14.3. The van der Waals surface area contributed by atoms with Crippen molar-refractivity contribution in [1.29, 1.82) is 0 Å². The third-order valence-electron chi connectivity index (χ3n) is 7.88. The summed E-state index contributed by atoms with van der Waals surface area (Å²) < 4.78 is 14.3. The Bertz CT molecular complexity index is 881. The van der Waals surface area contributed by atoms with E-state index in [1.807, 2.05) is 7.05 Å². The van der Waals surface area contributed by atoms with Crippen LogP contribution in [0, 0.1) is 17.7 Å². The lowest BCUT2D eigenvalue weighted by atomic mass is 9.74. The molecule has 208 valence electrons. The Morgan fingerprint density at radius 3 is 2.62 bits per heavy atom. The predicted molar refractivity (Wildman–Crippen MR) is 142 cm³/mol. The summed E-state index contributed by atoms with van der Waals surface area (Å²) in [6, 6.07) is 3.91. The van der Waals surface area contributed by atoms with E-state index >= 15 is 0 Å². The van der Waals surface area contributed by atoms with Gasteiger partial charge < -0.3 is 31.1 Å². The second-order valence-corrected chi connectivity index (χ2v) is 11.1. The molecule has 1 aromatic rings. The highest BCUT2D eigenvalue weighted by Gasteiger charge is 2.42. The number of carboxylic acid groups (broad SMARTS) is 1. The van der Waals surface area contributed by atoms with Crippen LogP contribution >= 0.6 is 11.6 Å². The lowest BCUT2D eigenvalue weighted by Gasteiger charge is -2.43. The molecule has 0 radical (unpaired) electrons. The zero-order valence-corrected chi connectivity index (χ0v) is 22.5. The van der Waals surface area contributed by atoms with E-state index < -0.39 is 17.5 Å². The average molecular weight is 541 g/mol. The number of rotatable bonds is 11. The highest BCUT2D eigenvalue weighted by molar-refractivity contribution is 6.30. The molecule has 1 aliphatic heterocycles. The standard InChI is InChI=1S/C27H42ClFN4O4/c1-30-17-24(13-19-7-3-2-4-8-19)32-25(34)33-12-5-9-20(18-33)27(37,10-6-11-31-26(35)36)21-14-22(28)16-23(29)15-21/h14-16,19-20,24,30-31,37H,2-13,17-18H2,1H3,(H,32,34)(H,35,36). The molecule has 1 aromatic carbocycles. The summed E-state index contributed by atoms with van der Waals surface area (Å²) in [5.41, 5.74) is -1.11. The zero-order chi connectivity index (χ0) is 26.8. The second kappa shape index (κ2) is 14.2. The van der Waals surface area contributed by atoms with Crippen molar-refractivity contribution in [3.05, 3.63) is 34.6 Å². The van der Waals surface area contributed by atoms with Gasteiger partial charge in [-0.2, -0.15) is 0 Å². The van der Waals surface area contributed by atoms with Gasteiger partial charge in [-0.1, -0.05) is 43.7 Å². The molecule has 1 aliphatic carbocycles. The van der Waals surface area contributed by atoms with Gasteiger partial charge in [-0.05, 0) is 68.8 Å². The van der Waals surface area contributed by atoms with Gasteiger partial charge in [0.2, 0.25) is 0 Å². The van der Waals surface area contributed by atoms with Gasteiger partial charge >= 0.3 is 12.1 Å². The molecular formula is C27H42ClFN4O4. The van der Waals surface area contributed by atoms with Crippen LogP contribution in [0.25, 0.3) is 0 Å². The summed E-state index contributed by atoms with van der Waals surface area (Å²) in [6.07, 6.45) is 7.95. The molecule has 3 amide bonds. The first kappa shape index (κ1) is 29.5. The summed E-state index contributed by atoms with van der Waals surface area (Å²) in [5.74, 6) is -0.271. The van der Waals surface area contributed by atoms with Crippen LogP contribution in [-0.2, 0) is 5.60 Å². The van der Waals surface area contributed by atoms with E-state index in [2.05, 4.69) is 16.0 Å². The first-order chi connectivity index (χ1) is 17.7. The second-order valence-electron chi connectivity index (χ2n) is 10.6. The molecule has 2 aliphatic rings. The van der Waals surface area contributed by atoms with Crippen LogP contribution in [0.5, 0.6) is 0 Å². The third-order valence-corrected chi connectivity index (χ3v) is 8.10. The van der Waals surface area contributed by atoms with Crippen LogP contribution in [0.2, 0.25) is 5.02 Å². The van der Waals surface area contributed by atoms with E-state index in [9.17, 15) is 19.1 Å². The largest absolute Gasteiger partial charge is 0.465 e. The van der Waals surface area contributed by atoms with Gasteiger partial charge in [0.05, 0.1) is 5.60 Å². The average Bonchev–Trinajstić information content (AvgIpc) is 2.86. The molecular weight excluding hydrogens is 499 g/mol. The van der Waals surface area contributed by atoms with Crippen molar-refractivity contribution in [3.63, 3.8) is 0 Å². The molecule has 0 aromatic heterocycles. The molecule has 1 heterocycles. The Balaban J connectivity index is 1.71. The van der Waals surface area contributed by atoms with Crippen LogP contribution < -0.4 is 16.0 Å². The highest BCUT2D eigenvalue weighted by atomic mass is 35.5. The van der Waals surface area contributed by atoms with Crippen molar-refractivity contribution >= 4 is 23.7 Å². The number of carbonyl (C=O) groups is 2. The summed E-state index contributed by atoms with van der Waals surface area (Å²) in [6.45, 7) is 1.75. The van der Waals surface area contributed by atoms with E-state index in [4.69, 9.17) is 16.7 Å². The first-order valence-electron chi connectivity index (χ1n) is 13.6. The number of benzene rings is 1. The molecule has 0 spiro atoms. The van der Waals surface area contributed by atoms with Crippen molar-refractivity contribution < 1.29 is 24.2 Å². The number of aliphatic hydroxyl groups is 1. The molecule has 3 rings (SSSR count). The number of piperidine rings is 1. The molecule has 37 heavy (non-hydrogen) atoms. The Morgan fingerprint density at radius 1 is 1.19 bits per heavy atom. The number of amides is 3. The number of halogens is 2. The molecule has 3 unspecified atom stereocenters. The molecule has 0 bridgehead atoms. The molecule has 10 heteroatoms. The minimum Gasteiger partial charge on any atom is -0.465 e. The number of likely N-dealkylation sites (N-methyl/N-ethyl adjacent to an activating group) is 1. The maximum Gasteiger partial charge on any atom is 0.404 e. The van der Waals surface area contributed by atoms with Crippen LogP contribution in [-0.4, -0.2) is 66.5 Å².